The summed E-state index contributed by atoms with van der Waals surface area (Å²) >= 11 is 1.49. The molecule has 263 valence electrons. The van der Waals surface area contributed by atoms with Crippen LogP contribution in [0.15, 0.2) is 35.5 Å². The second-order valence-corrected chi connectivity index (χ2v) is 13.3. The van der Waals surface area contributed by atoms with Crippen LogP contribution in [0.25, 0.3) is 5.65 Å². The Bertz CT molecular complexity index is 1460. The number of likely N-dealkylation sites (tertiary alicyclic amines) is 1. The average molecular weight is 756 g/mol. The smallest absolute Gasteiger partial charge is 0.256 e. The molecule has 0 spiro atoms. The molecule has 2 unspecified atom stereocenters. The van der Waals surface area contributed by atoms with Gasteiger partial charge in [0, 0.05) is 83.0 Å². The first-order valence-corrected chi connectivity index (χ1v) is 18.0. The third kappa shape index (κ3) is 11.9. The number of guanidine groups is 1. The number of aryl methyl sites for hydroxylation is 2. The van der Waals surface area contributed by atoms with Crippen LogP contribution in [-0.2, 0) is 32.7 Å². The Morgan fingerprint density at radius 1 is 1.19 bits per heavy atom. The summed E-state index contributed by atoms with van der Waals surface area (Å²) in [6, 6.07) is 7.99. The number of aromatic nitrogens is 3. The number of benzene rings is 1. The van der Waals surface area contributed by atoms with Gasteiger partial charge < -0.3 is 37.5 Å². The third-order valence-corrected chi connectivity index (χ3v) is 8.51. The first kappa shape index (κ1) is 41.8. The Morgan fingerprint density at radius 3 is 2.52 bits per heavy atom. The molecule has 2 atom stereocenters. The number of amides is 1. The monoisotopic (exact) mass is 755 g/mol. The largest absolute Gasteiger partial charge is 0.396 e. The number of hydrogen-bond donors (Lipinski definition) is 4. The molecule has 6 N–H and O–H groups in total. The number of nitrogens with zero attached hydrogens (tertiary/aromatic N) is 6. The normalized spacial score (nSPS) is 17.2. The maximum Gasteiger partial charge on any atom is 0.256 e. The van der Waals surface area contributed by atoms with E-state index in [-0.39, 0.29) is 56.7 Å². The van der Waals surface area contributed by atoms with E-state index in [1.165, 1.54) is 24.8 Å². The molecule has 2 aliphatic heterocycles. The van der Waals surface area contributed by atoms with Gasteiger partial charge in [0.2, 0.25) is 0 Å². The first-order chi connectivity index (χ1) is 22.5. The van der Waals surface area contributed by atoms with Gasteiger partial charge in [0.25, 0.3) is 5.91 Å². The maximum absolute atomic E-state index is 13.8. The number of nitrogens with two attached hydrogens (primary N) is 2. The predicted octanol–water partition coefficient (Wildman–Crippen LogP) is 5.90. The van der Waals surface area contributed by atoms with E-state index in [1.54, 1.807) is 0 Å². The first-order valence-electron chi connectivity index (χ1n) is 16.8. The quantitative estimate of drug-likeness (QED) is 0.0907. The molecule has 1 amide bonds. The molecule has 11 nitrogen and oxygen atoms in total. The van der Waals surface area contributed by atoms with Crippen molar-refractivity contribution in [2.45, 2.75) is 92.2 Å². The predicted molar refractivity (Wildman–Crippen MR) is 197 cm³/mol. The zero-order valence-corrected chi connectivity index (χ0v) is 33.6. The van der Waals surface area contributed by atoms with E-state index in [2.05, 4.69) is 34.9 Å². The Morgan fingerprint density at radius 2 is 1.92 bits per heavy atom. The number of nitrogens with one attached hydrogen (secondary N) is 1. The molecule has 48 heavy (non-hydrogen) atoms. The fraction of sp³-hybridized carbons (Fsp3) is 0.571. The molecule has 0 saturated carbocycles. The average Bonchev–Trinajstić information content (AvgIpc) is 3.68. The fourth-order valence-electron chi connectivity index (χ4n) is 5.71. The van der Waals surface area contributed by atoms with Crippen molar-refractivity contribution in [3.8, 4) is 0 Å². The minimum atomic E-state index is -0.0904. The van der Waals surface area contributed by atoms with Gasteiger partial charge in [-0.15, -0.1) is 0 Å². The van der Waals surface area contributed by atoms with Gasteiger partial charge in [-0.05, 0) is 57.6 Å². The standard InChI is InChI=1S/C26H35N9OS.C5H11.C4H10O.Y/c1-16-7-8-20(32-37-3)19(12-16)25(36)34-10-5-4-6-22(34)21-13-23-30-24(17(2)14-35(23)31-21)33-11-9-18(15-33)29-26(27)28;1-3-5-4-2;1-4(2)3-5;/h7-8,12-14,18,22,32H,4-6,9-11,15H2,1-3H3,(H4,27,28,29);3H,4-5H2,1-2H3;4-5H,3H2,1-2H3;/q;-1;;. The minimum Gasteiger partial charge on any atom is -0.396 e. The molecule has 2 aromatic heterocycles. The summed E-state index contributed by atoms with van der Waals surface area (Å²) in [5.41, 5.74) is 16.5. The van der Waals surface area contributed by atoms with Crippen molar-refractivity contribution >= 4 is 41.0 Å². The zero-order valence-electron chi connectivity index (χ0n) is 29.9. The number of aliphatic hydroxyl groups is 1. The molecule has 1 aromatic carbocycles. The van der Waals surface area contributed by atoms with Crippen molar-refractivity contribution in [3.05, 3.63) is 59.3 Å². The molecule has 0 bridgehead atoms. The van der Waals surface area contributed by atoms with Crippen LogP contribution in [0, 0.1) is 26.2 Å². The molecule has 13 heteroatoms. The van der Waals surface area contributed by atoms with Gasteiger partial charge in [0.05, 0.1) is 29.0 Å². The molecule has 1 radical (unpaired) electrons. The van der Waals surface area contributed by atoms with Gasteiger partial charge in [-0.3, -0.25) is 4.79 Å². The van der Waals surface area contributed by atoms with Gasteiger partial charge in [-0.25, -0.2) is 14.5 Å². The van der Waals surface area contributed by atoms with Crippen LogP contribution in [-0.4, -0.2) is 75.0 Å². The molecule has 0 aliphatic carbocycles. The number of piperidine rings is 1. The molecular weight excluding hydrogens is 699 g/mol. The van der Waals surface area contributed by atoms with Crippen molar-refractivity contribution in [2.24, 2.45) is 22.4 Å². The number of rotatable bonds is 9. The van der Waals surface area contributed by atoms with Crippen molar-refractivity contribution in [3.63, 3.8) is 0 Å². The van der Waals surface area contributed by atoms with Crippen LogP contribution >= 0.6 is 11.9 Å². The van der Waals surface area contributed by atoms with E-state index in [1.807, 2.05) is 73.8 Å². The number of carbonyl (C=O) groups excluding carboxylic acids is 1. The number of aliphatic imine (C=N–C) groups is 1. The van der Waals surface area contributed by atoms with Gasteiger partial charge >= 0.3 is 0 Å². The molecule has 2 aliphatic rings. The van der Waals surface area contributed by atoms with Crippen molar-refractivity contribution < 1.29 is 42.6 Å². The third-order valence-electron chi connectivity index (χ3n) is 8.08. The van der Waals surface area contributed by atoms with Crippen LogP contribution < -0.4 is 21.1 Å². The number of carbonyl (C=O) groups is 1. The Balaban J connectivity index is 0.000000639. The maximum atomic E-state index is 13.8. The van der Waals surface area contributed by atoms with Crippen LogP contribution in [0.1, 0.15) is 99.4 Å². The molecule has 2 fully saturated rings. The molecule has 2 saturated heterocycles. The molecule has 4 heterocycles. The van der Waals surface area contributed by atoms with E-state index in [0.717, 1.165) is 72.7 Å². The summed E-state index contributed by atoms with van der Waals surface area (Å²) in [6.07, 6.45) is 12.5. The zero-order chi connectivity index (χ0) is 34.5. The Labute approximate surface area is 317 Å². The summed E-state index contributed by atoms with van der Waals surface area (Å²) in [4.78, 5) is 27.3. The summed E-state index contributed by atoms with van der Waals surface area (Å²) in [5, 5.41) is 13.0. The van der Waals surface area contributed by atoms with Crippen LogP contribution in [0.3, 0.4) is 0 Å². The second kappa shape index (κ2) is 21.0. The van der Waals surface area contributed by atoms with E-state index in [0.29, 0.717) is 24.6 Å². The summed E-state index contributed by atoms with van der Waals surface area (Å²) < 4.78 is 5.10. The van der Waals surface area contributed by atoms with Gasteiger partial charge in [-0.1, -0.05) is 50.8 Å². The molecule has 5 rings (SSSR count). The van der Waals surface area contributed by atoms with Gasteiger partial charge in [0.1, 0.15) is 5.82 Å². The van der Waals surface area contributed by atoms with E-state index >= 15 is 0 Å². The van der Waals surface area contributed by atoms with Crippen LogP contribution in [0.5, 0.6) is 0 Å². The van der Waals surface area contributed by atoms with E-state index in [9.17, 15) is 4.79 Å². The van der Waals surface area contributed by atoms with Crippen LogP contribution in [0.2, 0.25) is 0 Å². The minimum absolute atomic E-state index is 0. The molecule has 3 aromatic rings. The summed E-state index contributed by atoms with van der Waals surface area (Å²) in [5.74, 6) is 1.53. The summed E-state index contributed by atoms with van der Waals surface area (Å²) in [6.45, 7) is 14.9. The van der Waals surface area contributed by atoms with Crippen LogP contribution in [0.4, 0.5) is 11.5 Å². The number of fused-ring (bicyclic) bond motifs is 1. The topological polar surface area (TPSA) is 150 Å². The number of unbranched alkanes of at least 4 members (excludes halogenated alkanes) is 2. The van der Waals surface area contributed by atoms with Gasteiger partial charge in [0.15, 0.2) is 11.6 Å². The fourth-order valence-corrected chi connectivity index (χ4v) is 6.11. The Hall–Kier alpha value is -2.41. The summed E-state index contributed by atoms with van der Waals surface area (Å²) in [7, 11) is 0. The number of hydrogen-bond acceptors (Lipinski definition) is 8. The number of anilines is 2. The van der Waals surface area contributed by atoms with Crippen molar-refractivity contribution in [1.82, 2.24) is 19.5 Å². The Kier molecular flexibility index (Phi) is 18.2. The van der Waals surface area contributed by atoms with E-state index < -0.39 is 0 Å². The SMILES string of the molecule is CC(C)CO.CSNc1ccc(C)cc1C(=O)N1CCCCC1c1cc2nc(N3CCC(N=C(N)N)C3)c(C)cn2n1.C[CH-]CCC.[Y]. The second-order valence-electron chi connectivity index (χ2n) is 12.7. The number of aliphatic hydroxyl groups excluding tert-OH is 1. The van der Waals surface area contributed by atoms with E-state index in [4.69, 9.17) is 26.7 Å². The van der Waals surface area contributed by atoms with Crippen molar-refractivity contribution in [1.29, 1.82) is 0 Å². The van der Waals surface area contributed by atoms with Gasteiger partial charge in [-0.2, -0.15) is 18.4 Å². The molecular formula is C35H56N9O2SY-. The van der Waals surface area contributed by atoms with Crippen molar-refractivity contribution in [2.75, 3.05) is 42.1 Å².